The van der Waals surface area contributed by atoms with Gasteiger partial charge in [0.2, 0.25) is 0 Å². The van der Waals surface area contributed by atoms with Crippen LogP contribution < -0.4 is 10.1 Å². The Morgan fingerprint density at radius 2 is 1.68 bits per heavy atom. The summed E-state index contributed by atoms with van der Waals surface area (Å²) in [5.41, 5.74) is 1.10. The molecule has 0 spiro atoms. The molecular formula is C20H14Cl2N2O7. The summed E-state index contributed by atoms with van der Waals surface area (Å²) >= 11 is 12.5. The van der Waals surface area contributed by atoms with Gasteiger partial charge in [0.1, 0.15) is 18.8 Å². The molecule has 2 aromatic rings. The number of carboxylic acids is 2. The van der Waals surface area contributed by atoms with Crippen LogP contribution in [-0.4, -0.2) is 45.5 Å². The van der Waals surface area contributed by atoms with E-state index in [0.29, 0.717) is 16.0 Å². The van der Waals surface area contributed by atoms with E-state index in [1.807, 2.05) is 0 Å². The van der Waals surface area contributed by atoms with Crippen LogP contribution in [0, 0.1) is 0 Å². The fourth-order valence-corrected chi connectivity index (χ4v) is 3.33. The Bertz CT molecular complexity index is 1090. The molecule has 160 valence electrons. The van der Waals surface area contributed by atoms with E-state index in [1.165, 1.54) is 30.3 Å². The SMILES string of the molecule is O=C(O)CN1C(=O)N/C(=C/c2cc(Cl)c(OCc3ccc(C(=O)O)cc3)c(Cl)c2)C1=O. The van der Waals surface area contributed by atoms with Gasteiger partial charge in [0, 0.05) is 0 Å². The minimum Gasteiger partial charge on any atom is -0.486 e. The van der Waals surface area contributed by atoms with E-state index < -0.39 is 30.4 Å². The first kappa shape index (κ1) is 22.1. The van der Waals surface area contributed by atoms with Crippen LogP contribution in [-0.2, 0) is 16.2 Å². The molecule has 2 aromatic carbocycles. The molecule has 0 bridgehead atoms. The molecule has 0 atom stereocenters. The molecule has 1 aliphatic rings. The second-order valence-corrected chi connectivity index (χ2v) is 7.19. The predicted molar refractivity (Wildman–Crippen MR) is 110 cm³/mol. The molecule has 3 amide bonds. The van der Waals surface area contributed by atoms with Crippen molar-refractivity contribution < 1.29 is 34.1 Å². The summed E-state index contributed by atoms with van der Waals surface area (Å²) < 4.78 is 5.64. The number of benzene rings is 2. The van der Waals surface area contributed by atoms with E-state index in [9.17, 15) is 19.2 Å². The van der Waals surface area contributed by atoms with E-state index in [2.05, 4.69) is 5.32 Å². The molecule has 1 fully saturated rings. The molecule has 1 aliphatic heterocycles. The first-order chi connectivity index (χ1) is 14.7. The van der Waals surface area contributed by atoms with Crippen molar-refractivity contribution in [3.63, 3.8) is 0 Å². The third kappa shape index (κ3) is 5.14. The molecule has 3 N–H and O–H groups in total. The lowest BCUT2D eigenvalue weighted by Crippen LogP contribution is -2.35. The minimum atomic E-state index is -1.32. The summed E-state index contributed by atoms with van der Waals surface area (Å²) in [5, 5.41) is 20.3. The Labute approximate surface area is 185 Å². The number of rotatable bonds is 7. The number of carbonyl (C=O) groups excluding carboxylic acids is 2. The zero-order valence-electron chi connectivity index (χ0n) is 15.6. The monoisotopic (exact) mass is 464 g/mol. The van der Waals surface area contributed by atoms with E-state index in [-0.39, 0.29) is 33.7 Å². The number of amides is 3. The van der Waals surface area contributed by atoms with E-state index >= 15 is 0 Å². The van der Waals surface area contributed by atoms with Gasteiger partial charge in [-0.3, -0.25) is 9.59 Å². The number of ether oxygens (including phenoxy) is 1. The van der Waals surface area contributed by atoms with Gasteiger partial charge in [0.05, 0.1) is 15.6 Å². The number of aromatic carboxylic acids is 1. The van der Waals surface area contributed by atoms with E-state index in [1.54, 1.807) is 12.1 Å². The molecule has 1 saturated heterocycles. The van der Waals surface area contributed by atoms with Gasteiger partial charge in [-0.15, -0.1) is 0 Å². The normalized spacial score (nSPS) is 14.6. The zero-order valence-corrected chi connectivity index (χ0v) is 17.1. The lowest BCUT2D eigenvalue weighted by Gasteiger charge is -2.11. The third-order valence-electron chi connectivity index (χ3n) is 4.17. The highest BCUT2D eigenvalue weighted by molar-refractivity contribution is 6.37. The van der Waals surface area contributed by atoms with Gasteiger partial charge in [0.15, 0.2) is 5.75 Å². The van der Waals surface area contributed by atoms with E-state index in [0.717, 1.165) is 0 Å². The number of hydrogen-bond donors (Lipinski definition) is 3. The van der Waals surface area contributed by atoms with Crippen LogP contribution in [0.4, 0.5) is 4.79 Å². The van der Waals surface area contributed by atoms with Crippen molar-refractivity contribution in [2.75, 3.05) is 6.54 Å². The van der Waals surface area contributed by atoms with Crippen LogP contribution in [0.2, 0.25) is 10.0 Å². The van der Waals surface area contributed by atoms with Crippen molar-refractivity contribution in [1.29, 1.82) is 0 Å². The topological polar surface area (TPSA) is 133 Å². The molecule has 0 saturated carbocycles. The molecule has 0 radical (unpaired) electrons. The zero-order chi connectivity index (χ0) is 22.7. The molecular weight excluding hydrogens is 451 g/mol. The Morgan fingerprint density at radius 3 is 2.23 bits per heavy atom. The number of imide groups is 1. The fraction of sp³-hybridized carbons (Fsp3) is 0.100. The first-order valence-corrected chi connectivity index (χ1v) is 9.41. The van der Waals surface area contributed by atoms with Crippen molar-refractivity contribution in [2.45, 2.75) is 6.61 Å². The first-order valence-electron chi connectivity index (χ1n) is 8.66. The largest absolute Gasteiger partial charge is 0.486 e. The van der Waals surface area contributed by atoms with Crippen LogP contribution in [0.3, 0.4) is 0 Å². The van der Waals surface area contributed by atoms with Gasteiger partial charge in [-0.25, -0.2) is 14.5 Å². The van der Waals surface area contributed by atoms with Crippen LogP contribution in [0.5, 0.6) is 5.75 Å². The Kier molecular flexibility index (Phi) is 6.47. The number of nitrogens with zero attached hydrogens (tertiary/aromatic N) is 1. The van der Waals surface area contributed by atoms with Crippen molar-refractivity contribution in [2.24, 2.45) is 0 Å². The molecule has 1 heterocycles. The van der Waals surface area contributed by atoms with Gasteiger partial charge in [-0.2, -0.15) is 0 Å². The maximum Gasteiger partial charge on any atom is 0.335 e. The molecule has 11 heteroatoms. The fourth-order valence-electron chi connectivity index (χ4n) is 2.72. The average molecular weight is 465 g/mol. The number of carbonyl (C=O) groups is 4. The third-order valence-corrected chi connectivity index (χ3v) is 4.73. The summed E-state index contributed by atoms with van der Waals surface area (Å²) in [6.07, 6.45) is 1.31. The number of hydrogen-bond acceptors (Lipinski definition) is 5. The molecule has 9 nitrogen and oxygen atoms in total. The molecule has 3 rings (SSSR count). The highest BCUT2D eigenvalue weighted by Gasteiger charge is 2.34. The van der Waals surface area contributed by atoms with Crippen LogP contribution in [0.1, 0.15) is 21.5 Å². The Balaban J connectivity index is 1.75. The summed E-state index contributed by atoms with van der Waals surface area (Å²) in [6.45, 7) is -0.678. The molecule has 0 unspecified atom stereocenters. The number of nitrogens with one attached hydrogen (secondary N) is 1. The quantitative estimate of drug-likeness (QED) is 0.422. The van der Waals surface area contributed by atoms with Gasteiger partial charge in [0.25, 0.3) is 5.91 Å². The lowest BCUT2D eigenvalue weighted by molar-refractivity contribution is -0.140. The lowest BCUT2D eigenvalue weighted by atomic mass is 10.1. The van der Waals surface area contributed by atoms with Crippen LogP contribution in [0.25, 0.3) is 6.08 Å². The van der Waals surface area contributed by atoms with Crippen LogP contribution in [0.15, 0.2) is 42.1 Å². The number of urea groups is 1. The summed E-state index contributed by atoms with van der Waals surface area (Å²) in [5.74, 6) is -2.96. The average Bonchev–Trinajstić information content (AvgIpc) is 2.94. The summed E-state index contributed by atoms with van der Waals surface area (Å²) in [4.78, 5) is 46.2. The Hall–Kier alpha value is -3.56. The molecule has 31 heavy (non-hydrogen) atoms. The van der Waals surface area contributed by atoms with Crippen molar-refractivity contribution >= 4 is 53.2 Å². The second-order valence-electron chi connectivity index (χ2n) is 6.38. The van der Waals surface area contributed by atoms with Crippen molar-refractivity contribution in [3.05, 3.63) is 68.8 Å². The van der Waals surface area contributed by atoms with Gasteiger partial charge in [-0.05, 0) is 41.5 Å². The van der Waals surface area contributed by atoms with Crippen LogP contribution >= 0.6 is 23.2 Å². The maximum atomic E-state index is 12.2. The van der Waals surface area contributed by atoms with Gasteiger partial charge >= 0.3 is 18.0 Å². The van der Waals surface area contributed by atoms with Gasteiger partial charge in [-0.1, -0.05) is 35.3 Å². The predicted octanol–water partition coefficient (Wildman–Crippen LogP) is 3.25. The van der Waals surface area contributed by atoms with Crippen molar-refractivity contribution in [3.8, 4) is 5.75 Å². The standard InChI is InChI=1S/C20H14Cl2N2O7/c21-13-5-11(7-15-18(27)24(8-16(25)26)20(30)23-15)6-14(22)17(13)31-9-10-1-3-12(4-2-10)19(28)29/h1-7H,8-9H2,(H,23,30)(H,25,26)(H,28,29)/b15-7+. The summed E-state index contributed by atoms with van der Waals surface area (Å²) in [7, 11) is 0. The van der Waals surface area contributed by atoms with Crippen molar-refractivity contribution in [1.82, 2.24) is 10.2 Å². The highest BCUT2D eigenvalue weighted by atomic mass is 35.5. The smallest absolute Gasteiger partial charge is 0.335 e. The second kappa shape index (κ2) is 9.07. The Morgan fingerprint density at radius 1 is 1.06 bits per heavy atom. The maximum absolute atomic E-state index is 12.2. The molecule has 0 aromatic heterocycles. The molecule has 0 aliphatic carbocycles. The number of aliphatic carboxylic acids is 1. The minimum absolute atomic E-state index is 0.0818. The highest BCUT2D eigenvalue weighted by Crippen LogP contribution is 2.35. The van der Waals surface area contributed by atoms with Gasteiger partial charge < -0.3 is 20.3 Å². The number of carboxylic acid groups (broad SMARTS) is 2. The van der Waals surface area contributed by atoms with E-state index in [4.69, 9.17) is 38.2 Å². The summed E-state index contributed by atoms with van der Waals surface area (Å²) in [6, 6.07) is 8.17. The number of halogens is 2.